The van der Waals surface area contributed by atoms with Crippen molar-refractivity contribution >= 4 is 31.0 Å². The van der Waals surface area contributed by atoms with E-state index in [-0.39, 0.29) is 51.8 Å². The van der Waals surface area contributed by atoms with Crippen LogP contribution in [0.1, 0.15) is 85.5 Å². The second-order valence-electron chi connectivity index (χ2n) is 12.6. The van der Waals surface area contributed by atoms with Crippen molar-refractivity contribution in [2.24, 2.45) is 0 Å². The van der Waals surface area contributed by atoms with E-state index >= 15 is 0 Å². The largest absolute Gasteiger partial charge is 0.379 e. The van der Waals surface area contributed by atoms with Gasteiger partial charge in [0.1, 0.15) is 10.6 Å². The first-order valence-corrected chi connectivity index (χ1v) is 18.0. The van der Waals surface area contributed by atoms with Crippen molar-refractivity contribution in [1.82, 2.24) is 0 Å². The molecule has 4 aliphatic heterocycles. The van der Waals surface area contributed by atoms with E-state index in [0.29, 0.717) is 24.0 Å². The zero-order valence-corrected chi connectivity index (χ0v) is 24.8. The molecular formula is C32H34O8S2. The average Bonchev–Trinajstić information content (AvgIpc) is 3.78. The maximum Gasteiger partial charge on any atom is 0.339 e. The van der Waals surface area contributed by atoms with Crippen LogP contribution in [0.3, 0.4) is 0 Å². The Morgan fingerprint density at radius 1 is 0.786 bits per heavy atom. The predicted octanol–water partition coefficient (Wildman–Crippen LogP) is 5.80. The smallest absolute Gasteiger partial charge is 0.339 e. The number of ether oxygens (including phenoxy) is 2. The number of hydrogen-bond acceptors (Lipinski definition) is 7. The van der Waals surface area contributed by atoms with Crippen LogP contribution in [0, 0.1) is 0 Å². The predicted molar refractivity (Wildman–Crippen MR) is 155 cm³/mol. The minimum atomic E-state index is -4.46. The average molecular weight is 611 g/mol. The second-order valence-corrected chi connectivity index (χ2v) is 15.5. The summed E-state index contributed by atoms with van der Waals surface area (Å²) in [4.78, 5) is 0.0548. The maximum atomic E-state index is 14.7. The van der Waals surface area contributed by atoms with Gasteiger partial charge in [-0.15, -0.1) is 0 Å². The Morgan fingerprint density at radius 2 is 1.45 bits per heavy atom. The van der Waals surface area contributed by atoms with Gasteiger partial charge in [-0.25, -0.2) is 0 Å². The molecule has 8 nitrogen and oxygen atoms in total. The van der Waals surface area contributed by atoms with Crippen molar-refractivity contribution < 1.29 is 35.0 Å². The number of fused-ring (bicyclic) bond motifs is 6. The minimum Gasteiger partial charge on any atom is -0.379 e. The van der Waals surface area contributed by atoms with Crippen LogP contribution in [0.5, 0.6) is 5.75 Å². The van der Waals surface area contributed by atoms with Crippen LogP contribution in [0.4, 0.5) is 0 Å². The maximum absolute atomic E-state index is 14.7. The summed E-state index contributed by atoms with van der Waals surface area (Å²) in [7, 11) is -8.84. The minimum absolute atomic E-state index is 0.0314. The molecule has 0 saturated carbocycles. The number of benzene rings is 3. The Morgan fingerprint density at radius 3 is 2.10 bits per heavy atom. The van der Waals surface area contributed by atoms with E-state index in [0.717, 1.165) is 73.3 Å². The van der Waals surface area contributed by atoms with E-state index in [1.165, 1.54) is 12.1 Å². The molecule has 6 atom stereocenters. The summed E-state index contributed by atoms with van der Waals surface area (Å²) in [5.74, 6) is 0.00339. The van der Waals surface area contributed by atoms with Gasteiger partial charge in [0.25, 0.3) is 10.1 Å². The molecule has 0 amide bonds. The van der Waals surface area contributed by atoms with Crippen LogP contribution in [-0.2, 0) is 42.6 Å². The van der Waals surface area contributed by atoms with Crippen molar-refractivity contribution in [2.45, 2.75) is 110 Å². The third-order valence-corrected chi connectivity index (χ3v) is 12.5. The fourth-order valence-corrected chi connectivity index (χ4v) is 10.8. The fraction of sp³-hybridized carbons (Fsp3) is 0.500. The van der Waals surface area contributed by atoms with E-state index in [1.54, 1.807) is 0 Å². The highest BCUT2D eigenvalue weighted by Crippen LogP contribution is 2.53. The van der Waals surface area contributed by atoms with Crippen molar-refractivity contribution in [3.05, 3.63) is 64.7 Å². The van der Waals surface area contributed by atoms with Crippen molar-refractivity contribution in [3.8, 4) is 5.75 Å². The molecule has 1 aliphatic carbocycles. The molecule has 4 fully saturated rings. The summed E-state index contributed by atoms with van der Waals surface area (Å²) >= 11 is 0. The van der Waals surface area contributed by atoms with Crippen LogP contribution >= 0.6 is 0 Å². The van der Waals surface area contributed by atoms with Crippen LogP contribution in [0.25, 0.3) is 10.8 Å². The molecule has 0 aromatic heterocycles. The Labute approximate surface area is 246 Å². The number of rotatable bonds is 6. The molecule has 0 spiro atoms. The molecule has 4 bridgehead atoms. The monoisotopic (exact) mass is 610 g/mol. The third-order valence-electron chi connectivity index (χ3n) is 10.2. The van der Waals surface area contributed by atoms with Crippen LogP contribution in [0.15, 0.2) is 52.3 Å². The molecule has 0 radical (unpaired) electrons. The lowest BCUT2D eigenvalue weighted by Gasteiger charge is -2.29. The van der Waals surface area contributed by atoms with Gasteiger partial charge in [-0.3, -0.25) is 4.55 Å². The van der Waals surface area contributed by atoms with Gasteiger partial charge in [0.15, 0.2) is 0 Å². The van der Waals surface area contributed by atoms with Gasteiger partial charge >= 0.3 is 10.1 Å². The molecule has 1 N–H and O–H groups in total. The number of hydrogen-bond donors (Lipinski definition) is 1. The Balaban J connectivity index is 1.33. The van der Waals surface area contributed by atoms with E-state index in [4.69, 9.17) is 13.7 Å². The fourth-order valence-electron chi connectivity index (χ4n) is 8.49. The molecule has 4 saturated heterocycles. The van der Waals surface area contributed by atoms with Gasteiger partial charge in [-0.05, 0) is 110 Å². The SMILES string of the molecule is O=S(=O)(O)c1ccc(OS(=O)(=O)c2c(C3CC4CCC3O4)cc3ccccc3c2C2CC3CCC2O3)c2c1CCCC2. The summed E-state index contributed by atoms with van der Waals surface area (Å²) < 4.78 is 82.1. The second kappa shape index (κ2) is 9.75. The first-order valence-electron chi connectivity index (χ1n) is 15.1. The summed E-state index contributed by atoms with van der Waals surface area (Å²) in [6, 6.07) is 12.6. The standard InChI is InChI=1S/C32H34O8S2/c33-41(34,35)30-14-13-29(22-7-3-4-8-23(22)30)40-42(36,37)32-25(24-16-19-9-11-27(24)38-19)15-18-5-1-2-6-21(18)31(32)26-17-20-10-12-28(26)39-20/h1-2,5-6,13-15,19-20,24,26-28H,3-4,7-12,16-17H2,(H,33,34,35). The van der Waals surface area contributed by atoms with Crippen molar-refractivity contribution in [3.63, 3.8) is 0 Å². The van der Waals surface area contributed by atoms with Gasteiger partial charge in [0.2, 0.25) is 0 Å². The van der Waals surface area contributed by atoms with E-state index in [9.17, 15) is 21.4 Å². The zero-order valence-electron chi connectivity index (χ0n) is 23.2. The highest BCUT2D eigenvalue weighted by atomic mass is 32.2. The van der Waals surface area contributed by atoms with Crippen LogP contribution in [-0.4, -0.2) is 45.8 Å². The molecule has 42 heavy (non-hydrogen) atoms. The molecule has 8 rings (SSSR count). The zero-order chi connectivity index (χ0) is 28.8. The molecule has 5 aliphatic rings. The van der Waals surface area contributed by atoms with Crippen molar-refractivity contribution in [1.29, 1.82) is 0 Å². The van der Waals surface area contributed by atoms with Gasteiger partial charge in [0, 0.05) is 17.4 Å². The summed E-state index contributed by atoms with van der Waals surface area (Å²) in [5.41, 5.74) is 2.51. The topological polar surface area (TPSA) is 116 Å². The van der Waals surface area contributed by atoms with Crippen LogP contribution in [0.2, 0.25) is 0 Å². The molecule has 4 heterocycles. The quantitative estimate of drug-likeness (QED) is 0.275. The first kappa shape index (κ1) is 27.1. The molecule has 3 aromatic rings. The molecule has 6 unspecified atom stereocenters. The third kappa shape index (κ3) is 4.32. The van der Waals surface area contributed by atoms with Gasteiger partial charge in [-0.1, -0.05) is 24.3 Å². The van der Waals surface area contributed by atoms with Gasteiger partial charge in [-0.2, -0.15) is 16.8 Å². The molecular weight excluding hydrogens is 576 g/mol. The van der Waals surface area contributed by atoms with Gasteiger partial charge in [0.05, 0.1) is 29.3 Å². The Hall–Kier alpha value is -2.50. The normalized spacial score (nSPS) is 30.2. The lowest BCUT2D eigenvalue weighted by Crippen LogP contribution is -2.25. The molecule has 222 valence electrons. The molecule has 3 aromatic carbocycles. The molecule has 10 heteroatoms. The van der Waals surface area contributed by atoms with E-state index < -0.39 is 20.2 Å². The lowest BCUT2D eigenvalue weighted by atomic mass is 9.77. The van der Waals surface area contributed by atoms with Crippen molar-refractivity contribution in [2.75, 3.05) is 0 Å². The van der Waals surface area contributed by atoms with Gasteiger partial charge < -0.3 is 13.7 Å². The van der Waals surface area contributed by atoms with Crippen LogP contribution < -0.4 is 4.18 Å². The highest BCUT2D eigenvalue weighted by Gasteiger charge is 2.48. The summed E-state index contributed by atoms with van der Waals surface area (Å²) in [6.07, 6.45) is 7.95. The highest BCUT2D eigenvalue weighted by molar-refractivity contribution is 7.87. The van der Waals surface area contributed by atoms with E-state index in [1.807, 2.05) is 30.3 Å². The summed E-state index contributed by atoms with van der Waals surface area (Å²) in [5, 5.41) is 1.90. The first-order chi connectivity index (χ1) is 20.2. The Kier molecular flexibility index (Phi) is 6.29. The summed E-state index contributed by atoms with van der Waals surface area (Å²) in [6.45, 7) is 0. The lowest BCUT2D eigenvalue weighted by molar-refractivity contribution is 0.0999. The Bertz CT molecular complexity index is 1820. The van der Waals surface area contributed by atoms with E-state index in [2.05, 4.69) is 0 Å².